The topological polar surface area (TPSA) is 0 Å². The molecule has 0 aliphatic heterocycles. The van der Waals surface area contributed by atoms with Crippen molar-refractivity contribution in [2.24, 2.45) is 0 Å². The van der Waals surface area contributed by atoms with E-state index in [0.29, 0.717) is 0 Å². The summed E-state index contributed by atoms with van der Waals surface area (Å²) in [5.74, 6) is 0. The molecule has 0 amide bonds. The van der Waals surface area contributed by atoms with E-state index in [1.807, 2.05) is 0 Å². The summed E-state index contributed by atoms with van der Waals surface area (Å²) in [7, 11) is 0. The van der Waals surface area contributed by atoms with Crippen LogP contribution in [0.4, 0.5) is 0 Å². The van der Waals surface area contributed by atoms with E-state index in [4.69, 9.17) is 0 Å². The van der Waals surface area contributed by atoms with Crippen LogP contribution in [-0.2, 0) is 21.7 Å². The minimum atomic E-state index is 0. The number of halogens is 2. The molecule has 0 aromatic rings. The van der Waals surface area contributed by atoms with Crippen molar-refractivity contribution < 1.29 is 46.5 Å². The van der Waals surface area contributed by atoms with Crippen molar-refractivity contribution in [1.29, 1.82) is 0 Å². The van der Waals surface area contributed by atoms with E-state index < -0.39 is 0 Å². The molecule has 0 aromatic carbocycles. The van der Waals surface area contributed by atoms with Crippen LogP contribution in [0.3, 0.4) is 0 Å². The van der Waals surface area contributed by atoms with Gasteiger partial charge < -0.3 is 24.8 Å². The van der Waals surface area contributed by atoms with Gasteiger partial charge in [0.2, 0.25) is 0 Å². The van der Waals surface area contributed by atoms with Crippen molar-refractivity contribution in [2.45, 2.75) is 6.42 Å². The Kier molecular flexibility index (Phi) is 17.5. The molecule has 0 saturated carbocycles. The van der Waals surface area contributed by atoms with Gasteiger partial charge in [0.25, 0.3) is 0 Å². The summed E-state index contributed by atoms with van der Waals surface area (Å²) in [4.78, 5) is 1.28. The van der Waals surface area contributed by atoms with E-state index in [1.54, 1.807) is 11.8 Å². The first-order chi connectivity index (χ1) is 3.43. The minimum absolute atomic E-state index is 0. The fourth-order valence-electron chi connectivity index (χ4n) is 0.525. The molecule has 4 heteroatoms. The second-order valence-corrected chi connectivity index (χ2v) is 2.20. The van der Waals surface area contributed by atoms with E-state index in [2.05, 4.69) is 24.5 Å². The number of thioether (sulfide) groups is 1. The predicted octanol–water partition coefficient (Wildman–Crippen LogP) is -4.00. The van der Waals surface area contributed by atoms with Gasteiger partial charge in [-0.1, -0.05) is 0 Å². The molecule has 1 rings (SSSR count). The molecule has 0 unspecified atom stereocenters. The predicted molar refractivity (Wildman–Crippen MR) is 34.0 cm³/mol. The Morgan fingerprint density at radius 1 is 1.50 bits per heavy atom. The van der Waals surface area contributed by atoms with Gasteiger partial charge in [-0.3, -0.25) is 6.08 Å². The standard InChI is InChI=1S/C6H7S.2ClH.Ti/c1-7-6-4-2-3-5-6;;;/h2,4H,3H2,1H3;2*1H;/q-1;;;+3/p-2. The number of rotatable bonds is 1. The molecule has 0 aromatic heterocycles. The molecule has 1 aliphatic rings. The maximum absolute atomic E-state index is 3.17. The van der Waals surface area contributed by atoms with E-state index in [0.717, 1.165) is 6.42 Å². The van der Waals surface area contributed by atoms with Crippen LogP contribution in [0.5, 0.6) is 0 Å². The molecule has 10 heavy (non-hydrogen) atoms. The van der Waals surface area contributed by atoms with Crippen LogP contribution in [0.1, 0.15) is 6.42 Å². The molecule has 0 spiro atoms. The molecule has 0 atom stereocenters. The van der Waals surface area contributed by atoms with Crippen molar-refractivity contribution in [2.75, 3.05) is 6.26 Å². The van der Waals surface area contributed by atoms with Crippen LogP contribution < -0.4 is 24.8 Å². The Labute approximate surface area is 93.6 Å². The van der Waals surface area contributed by atoms with Crippen molar-refractivity contribution in [3.8, 4) is 0 Å². The number of hydrogen-bond donors (Lipinski definition) is 0. The Morgan fingerprint density at radius 3 is 2.30 bits per heavy atom. The molecule has 0 saturated heterocycles. The summed E-state index contributed by atoms with van der Waals surface area (Å²) < 4.78 is 0. The summed E-state index contributed by atoms with van der Waals surface area (Å²) in [5.41, 5.74) is 0. The second kappa shape index (κ2) is 10.1. The summed E-state index contributed by atoms with van der Waals surface area (Å²) in [6.45, 7) is 0. The van der Waals surface area contributed by atoms with Crippen LogP contribution in [0.25, 0.3) is 0 Å². The van der Waals surface area contributed by atoms with E-state index >= 15 is 0 Å². The van der Waals surface area contributed by atoms with Gasteiger partial charge in [0.05, 0.1) is 0 Å². The molecule has 1 aliphatic carbocycles. The van der Waals surface area contributed by atoms with Crippen LogP contribution in [0, 0.1) is 6.08 Å². The maximum Gasteiger partial charge on any atom is 3.00 e. The maximum atomic E-state index is 3.17. The number of hydrogen-bond acceptors (Lipinski definition) is 1. The minimum Gasteiger partial charge on any atom is -1.00 e. The van der Waals surface area contributed by atoms with Crippen LogP contribution in [0.15, 0.2) is 17.1 Å². The fraction of sp³-hybridized carbons (Fsp3) is 0.333. The monoisotopic (exact) mass is 229 g/mol. The second-order valence-electron chi connectivity index (χ2n) is 1.35. The normalized spacial score (nSPS) is 12.3. The smallest absolute Gasteiger partial charge is 1.00 e. The van der Waals surface area contributed by atoms with Crippen LogP contribution in [-0.4, -0.2) is 6.26 Å². The first kappa shape index (κ1) is 17.3. The third-order valence-electron chi connectivity index (χ3n) is 0.883. The molecule has 0 fully saturated rings. The molecule has 0 N–H and O–H groups in total. The fourth-order valence-corrected chi connectivity index (χ4v) is 0.985. The summed E-state index contributed by atoms with van der Waals surface area (Å²) >= 11 is 1.75. The summed E-state index contributed by atoms with van der Waals surface area (Å²) in [5, 5.41) is 0. The molecular formula is C6H7Cl2STi. The average Bonchev–Trinajstić information content (AvgIpc) is 2.14. The van der Waals surface area contributed by atoms with Gasteiger partial charge in [-0.15, -0.1) is 6.42 Å². The van der Waals surface area contributed by atoms with Crippen molar-refractivity contribution >= 4 is 11.8 Å². The van der Waals surface area contributed by atoms with Gasteiger partial charge in [-0.2, -0.15) is 22.7 Å². The molecule has 55 valence electrons. The summed E-state index contributed by atoms with van der Waals surface area (Å²) in [6.07, 6.45) is 10.5. The molecular weight excluding hydrogens is 223 g/mol. The average molecular weight is 230 g/mol. The molecule has 1 radical (unpaired) electrons. The largest absolute Gasteiger partial charge is 3.00 e. The van der Waals surface area contributed by atoms with Gasteiger partial charge in [-0.05, 0) is 6.26 Å². The molecule has 0 heterocycles. The zero-order valence-corrected chi connectivity index (χ0v) is 9.42. The van der Waals surface area contributed by atoms with Crippen LogP contribution >= 0.6 is 11.8 Å². The Bertz CT molecular complexity index is 123. The zero-order chi connectivity index (χ0) is 5.11. The SMILES string of the molecule is CSC1=[C-]CC=C1.[Cl-].[Cl-].[Ti+3]. The van der Waals surface area contributed by atoms with Gasteiger partial charge >= 0.3 is 21.7 Å². The van der Waals surface area contributed by atoms with E-state index in [9.17, 15) is 0 Å². The molecule has 0 nitrogen and oxygen atoms in total. The van der Waals surface area contributed by atoms with Gasteiger partial charge in [-0.25, -0.2) is 6.08 Å². The Balaban J connectivity index is -0.000000163. The zero-order valence-electron chi connectivity index (χ0n) is 5.53. The van der Waals surface area contributed by atoms with Gasteiger partial charge in [0.1, 0.15) is 0 Å². The Morgan fingerprint density at radius 2 is 2.10 bits per heavy atom. The van der Waals surface area contributed by atoms with Crippen LogP contribution in [0.2, 0.25) is 0 Å². The first-order valence-corrected chi connectivity index (χ1v) is 3.47. The van der Waals surface area contributed by atoms with Crippen molar-refractivity contribution in [3.63, 3.8) is 0 Å². The summed E-state index contributed by atoms with van der Waals surface area (Å²) in [6, 6.07) is 0. The van der Waals surface area contributed by atoms with E-state index in [-0.39, 0.29) is 46.5 Å². The third-order valence-corrected chi connectivity index (χ3v) is 1.60. The quantitative estimate of drug-likeness (QED) is 0.327. The number of allylic oxidation sites excluding steroid dienone is 3. The Hall–Kier alpha value is 1.12. The van der Waals surface area contributed by atoms with Gasteiger partial charge in [0, 0.05) is 0 Å². The first-order valence-electron chi connectivity index (χ1n) is 2.25. The van der Waals surface area contributed by atoms with E-state index in [1.165, 1.54) is 4.91 Å². The van der Waals surface area contributed by atoms with Crippen molar-refractivity contribution in [1.82, 2.24) is 0 Å². The third kappa shape index (κ3) is 5.88. The van der Waals surface area contributed by atoms with Gasteiger partial charge in [0.15, 0.2) is 0 Å². The molecule has 0 bridgehead atoms. The van der Waals surface area contributed by atoms with Crippen molar-refractivity contribution in [3.05, 3.63) is 23.1 Å².